The first-order chi connectivity index (χ1) is 4.88. The van der Waals surface area contributed by atoms with E-state index in [2.05, 4.69) is 16.9 Å². The van der Waals surface area contributed by atoms with E-state index in [4.69, 9.17) is 0 Å². The van der Waals surface area contributed by atoms with Crippen LogP contribution in [-0.2, 0) is 0 Å². The molecule has 54 valence electrons. The predicted octanol–water partition coefficient (Wildman–Crippen LogP) is 1.05. The lowest BCUT2D eigenvalue weighted by Gasteiger charge is -2.25. The van der Waals surface area contributed by atoms with E-state index in [1.54, 1.807) is 0 Å². The van der Waals surface area contributed by atoms with Gasteiger partial charge in [-0.15, -0.1) is 0 Å². The minimum atomic E-state index is 0.922. The van der Waals surface area contributed by atoms with Crippen molar-refractivity contribution >= 4 is 6.21 Å². The van der Waals surface area contributed by atoms with Gasteiger partial charge in [-0.25, -0.2) is 0 Å². The summed E-state index contributed by atoms with van der Waals surface area (Å²) in [7, 11) is 2.16. The second-order valence-electron chi connectivity index (χ2n) is 2.97. The van der Waals surface area contributed by atoms with Crippen LogP contribution >= 0.6 is 0 Å². The van der Waals surface area contributed by atoms with Crippen molar-refractivity contribution in [2.75, 3.05) is 20.1 Å². The lowest BCUT2D eigenvalue weighted by atomic mass is 10.1. The predicted molar refractivity (Wildman–Crippen MR) is 42.2 cm³/mol. The number of nitrogens with zero attached hydrogens (tertiary/aromatic N) is 2. The van der Waals surface area contributed by atoms with Gasteiger partial charge in [-0.2, -0.15) is 0 Å². The lowest BCUT2D eigenvalue weighted by molar-refractivity contribution is 0.382. The molecule has 0 atom stereocenters. The second-order valence-corrected chi connectivity index (χ2v) is 2.97. The highest BCUT2D eigenvalue weighted by molar-refractivity contribution is 5.82. The highest BCUT2D eigenvalue weighted by Crippen LogP contribution is 2.22. The van der Waals surface area contributed by atoms with Crippen molar-refractivity contribution in [3.05, 3.63) is 11.3 Å². The molecule has 2 nitrogen and oxygen atoms in total. The molecule has 0 saturated carbocycles. The summed E-state index contributed by atoms with van der Waals surface area (Å²) < 4.78 is 0. The first-order valence-electron chi connectivity index (χ1n) is 3.81. The Morgan fingerprint density at radius 1 is 1.60 bits per heavy atom. The Morgan fingerprint density at radius 2 is 2.50 bits per heavy atom. The molecule has 0 saturated heterocycles. The summed E-state index contributed by atoms with van der Waals surface area (Å²) in [5.74, 6) is 0. The number of hydrogen-bond acceptors (Lipinski definition) is 2. The smallest absolute Gasteiger partial charge is 0.0791 e. The molecule has 0 bridgehead atoms. The largest absolute Gasteiger partial charge is 0.376 e. The third-order valence-electron chi connectivity index (χ3n) is 2.26. The molecule has 0 N–H and O–H groups in total. The van der Waals surface area contributed by atoms with Crippen LogP contribution in [0.1, 0.15) is 12.8 Å². The molecular formula is C8H12N2. The minimum absolute atomic E-state index is 0.922. The van der Waals surface area contributed by atoms with Crippen molar-refractivity contribution in [1.29, 1.82) is 0 Å². The van der Waals surface area contributed by atoms with Crippen LogP contribution in [0.15, 0.2) is 16.3 Å². The molecule has 2 aliphatic rings. The first-order valence-corrected chi connectivity index (χ1v) is 3.81. The van der Waals surface area contributed by atoms with Crippen LogP contribution in [0.4, 0.5) is 0 Å². The average molecular weight is 136 g/mol. The number of hydrogen-bond donors (Lipinski definition) is 0. The van der Waals surface area contributed by atoms with E-state index in [1.807, 2.05) is 6.21 Å². The molecule has 0 aliphatic carbocycles. The second kappa shape index (κ2) is 2.11. The van der Waals surface area contributed by atoms with Gasteiger partial charge in [0.2, 0.25) is 0 Å². The quantitative estimate of drug-likeness (QED) is 0.486. The summed E-state index contributed by atoms with van der Waals surface area (Å²) in [6, 6.07) is 0. The summed E-state index contributed by atoms with van der Waals surface area (Å²) in [4.78, 5) is 6.56. The molecule has 10 heavy (non-hydrogen) atoms. The number of likely N-dealkylation sites (N-methyl/N-ethyl adjacent to an activating group) is 1. The van der Waals surface area contributed by atoms with Crippen LogP contribution in [0.5, 0.6) is 0 Å². The average Bonchev–Trinajstić information content (AvgIpc) is 2.36. The lowest BCUT2D eigenvalue weighted by Crippen LogP contribution is -2.24. The van der Waals surface area contributed by atoms with E-state index in [-0.39, 0.29) is 0 Å². The summed E-state index contributed by atoms with van der Waals surface area (Å²) in [6.45, 7) is 2.13. The Hall–Kier alpha value is -0.790. The molecule has 2 aliphatic heterocycles. The van der Waals surface area contributed by atoms with Crippen LogP contribution in [-0.4, -0.2) is 31.3 Å². The van der Waals surface area contributed by atoms with Gasteiger partial charge in [-0.1, -0.05) is 0 Å². The van der Waals surface area contributed by atoms with E-state index in [1.165, 1.54) is 30.7 Å². The Labute approximate surface area is 61.2 Å². The molecule has 0 aromatic carbocycles. The number of allylic oxidation sites excluding steroid dienone is 1. The van der Waals surface area contributed by atoms with E-state index in [0.717, 1.165) is 6.54 Å². The van der Waals surface area contributed by atoms with Gasteiger partial charge in [0.05, 0.1) is 6.54 Å². The standard InChI is InChI=1S/C8H12N2/c1-10-4-2-3-7-5-9-6-8(7)10/h5H,2-4,6H2,1H3. The van der Waals surface area contributed by atoms with E-state index >= 15 is 0 Å². The maximum absolute atomic E-state index is 4.24. The Morgan fingerprint density at radius 3 is 3.30 bits per heavy atom. The van der Waals surface area contributed by atoms with Gasteiger partial charge in [-0.05, 0) is 18.4 Å². The molecule has 0 aromatic rings. The van der Waals surface area contributed by atoms with Crippen molar-refractivity contribution in [1.82, 2.24) is 4.90 Å². The summed E-state index contributed by atoms with van der Waals surface area (Å²) in [5.41, 5.74) is 2.92. The maximum Gasteiger partial charge on any atom is 0.0791 e. The van der Waals surface area contributed by atoms with Gasteiger partial charge < -0.3 is 4.90 Å². The molecule has 0 spiro atoms. The zero-order valence-corrected chi connectivity index (χ0v) is 6.30. The van der Waals surface area contributed by atoms with Crippen molar-refractivity contribution < 1.29 is 0 Å². The fraction of sp³-hybridized carbons (Fsp3) is 0.625. The third-order valence-corrected chi connectivity index (χ3v) is 2.26. The van der Waals surface area contributed by atoms with Crippen molar-refractivity contribution in [3.8, 4) is 0 Å². The fourth-order valence-electron chi connectivity index (χ4n) is 1.63. The van der Waals surface area contributed by atoms with Crippen molar-refractivity contribution in [2.24, 2.45) is 4.99 Å². The highest BCUT2D eigenvalue weighted by Gasteiger charge is 2.17. The fourth-order valence-corrected chi connectivity index (χ4v) is 1.63. The normalized spacial score (nSPS) is 23.9. The first kappa shape index (κ1) is 5.96. The molecule has 0 fully saturated rings. The number of aliphatic imine (C=N–C) groups is 1. The SMILES string of the molecule is CN1CCCC2=C1CN=C2. The monoisotopic (exact) mass is 136 g/mol. The Kier molecular flexibility index (Phi) is 1.26. The van der Waals surface area contributed by atoms with E-state index in [9.17, 15) is 0 Å². The van der Waals surface area contributed by atoms with E-state index < -0.39 is 0 Å². The van der Waals surface area contributed by atoms with Crippen molar-refractivity contribution in [2.45, 2.75) is 12.8 Å². The zero-order chi connectivity index (χ0) is 6.97. The van der Waals surface area contributed by atoms with Gasteiger partial charge >= 0.3 is 0 Å². The van der Waals surface area contributed by atoms with Crippen LogP contribution < -0.4 is 0 Å². The molecule has 0 aromatic heterocycles. The van der Waals surface area contributed by atoms with Gasteiger partial charge in [0, 0.05) is 25.5 Å². The molecule has 0 unspecified atom stereocenters. The highest BCUT2D eigenvalue weighted by atomic mass is 15.1. The molecule has 0 amide bonds. The molecule has 2 heteroatoms. The van der Waals surface area contributed by atoms with Gasteiger partial charge in [0.25, 0.3) is 0 Å². The van der Waals surface area contributed by atoms with Gasteiger partial charge in [0.15, 0.2) is 0 Å². The molecule has 0 radical (unpaired) electrons. The Balaban J connectivity index is 2.28. The summed E-state index contributed by atoms with van der Waals surface area (Å²) in [5, 5.41) is 0. The zero-order valence-electron chi connectivity index (χ0n) is 6.30. The molecular weight excluding hydrogens is 124 g/mol. The summed E-state index contributed by atoms with van der Waals surface area (Å²) in [6.07, 6.45) is 4.56. The van der Waals surface area contributed by atoms with Gasteiger partial charge in [0.1, 0.15) is 0 Å². The third kappa shape index (κ3) is 0.753. The Bertz CT molecular complexity index is 203. The van der Waals surface area contributed by atoms with Crippen LogP contribution in [0.2, 0.25) is 0 Å². The van der Waals surface area contributed by atoms with Crippen molar-refractivity contribution in [3.63, 3.8) is 0 Å². The minimum Gasteiger partial charge on any atom is -0.376 e. The number of rotatable bonds is 0. The molecule has 2 rings (SSSR count). The maximum atomic E-state index is 4.24. The molecule has 2 heterocycles. The topological polar surface area (TPSA) is 15.6 Å². The van der Waals surface area contributed by atoms with Crippen LogP contribution in [0.25, 0.3) is 0 Å². The van der Waals surface area contributed by atoms with Crippen LogP contribution in [0.3, 0.4) is 0 Å². The van der Waals surface area contributed by atoms with Gasteiger partial charge in [-0.3, -0.25) is 4.99 Å². The summed E-state index contributed by atoms with van der Waals surface area (Å²) >= 11 is 0. The van der Waals surface area contributed by atoms with E-state index in [0.29, 0.717) is 0 Å². The van der Waals surface area contributed by atoms with Crippen LogP contribution in [0, 0.1) is 0 Å².